The van der Waals surface area contributed by atoms with Gasteiger partial charge in [-0.25, -0.2) is 4.79 Å². The molecule has 38 heavy (non-hydrogen) atoms. The molecule has 12 nitrogen and oxygen atoms in total. The smallest absolute Gasteiger partial charge is 0.326 e. The number of primary amides is 1. The Morgan fingerprint density at radius 1 is 0.763 bits per heavy atom. The summed E-state index contributed by atoms with van der Waals surface area (Å²) in [6, 6.07) is 10.1. The van der Waals surface area contributed by atoms with Crippen LogP contribution in [0.3, 0.4) is 0 Å². The number of hydrogen-bond donors (Lipinski definition) is 7. The van der Waals surface area contributed by atoms with Gasteiger partial charge in [-0.1, -0.05) is 42.5 Å². The van der Waals surface area contributed by atoms with E-state index in [1.807, 2.05) is 0 Å². The highest BCUT2D eigenvalue weighted by molar-refractivity contribution is 5.94. The first-order valence-corrected chi connectivity index (χ1v) is 12.0. The quantitative estimate of drug-likeness (QED) is 0.167. The Kier molecular flexibility index (Phi) is 11.2. The number of carbonyl (C=O) groups excluding carboxylic acids is 4. The van der Waals surface area contributed by atoms with Crippen molar-refractivity contribution in [3.63, 3.8) is 0 Å². The van der Waals surface area contributed by atoms with Gasteiger partial charge < -0.3 is 37.6 Å². The van der Waals surface area contributed by atoms with Gasteiger partial charge in [0, 0.05) is 19.3 Å². The van der Waals surface area contributed by atoms with Gasteiger partial charge in [0.1, 0.15) is 23.9 Å². The summed E-state index contributed by atoms with van der Waals surface area (Å²) in [7, 11) is 0. The van der Waals surface area contributed by atoms with Crippen molar-refractivity contribution in [1.29, 1.82) is 0 Å². The molecule has 4 unspecified atom stereocenters. The number of phenols is 1. The Morgan fingerprint density at radius 3 is 1.71 bits per heavy atom. The molecule has 0 aliphatic heterocycles. The van der Waals surface area contributed by atoms with Crippen molar-refractivity contribution in [3.8, 4) is 5.75 Å². The Bertz CT molecular complexity index is 1120. The van der Waals surface area contributed by atoms with E-state index in [1.54, 1.807) is 42.5 Å². The Balaban J connectivity index is 2.29. The number of aromatic hydroxyl groups is 1. The second kappa shape index (κ2) is 14.3. The summed E-state index contributed by atoms with van der Waals surface area (Å²) in [6.45, 7) is 1.46. The van der Waals surface area contributed by atoms with Crippen LogP contribution in [0.15, 0.2) is 54.6 Å². The van der Waals surface area contributed by atoms with Crippen molar-refractivity contribution >= 4 is 29.6 Å². The van der Waals surface area contributed by atoms with Gasteiger partial charge in [-0.05, 0) is 36.6 Å². The average Bonchev–Trinajstić information content (AvgIpc) is 2.86. The molecule has 12 heteroatoms. The molecule has 0 bridgehead atoms. The molecule has 4 atom stereocenters. The van der Waals surface area contributed by atoms with Crippen LogP contribution >= 0.6 is 0 Å². The van der Waals surface area contributed by atoms with E-state index in [-0.39, 0.29) is 31.4 Å². The lowest BCUT2D eigenvalue weighted by atomic mass is 10.0. The van der Waals surface area contributed by atoms with Crippen LogP contribution in [0.2, 0.25) is 0 Å². The lowest BCUT2D eigenvalue weighted by molar-refractivity contribution is -0.142. The highest BCUT2D eigenvalue weighted by atomic mass is 16.4. The number of aliphatic carboxylic acids is 1. The van der Waals surface area contributed by atoms with Crippen LogP contribution in [0.1, 0.15) is 30.9 Å². The highest BCUT2D eigenvalue weighted by Gasteiger charge is 2.30. The molecule has 0 heterocycles. The number of hydrogen-bond acceptors (Lipinski definition) is 7. The summed E-state index contributed by atoms with van der Waals surface area (Å²) in [5.74, 6) is -4.18. The van der Waals surface area contributed by atoms with Gasteiger partial charge in [0.15, 0.2) is 0 Å². The van der Waals surface area contributed by atoms with Crippen molar-refractivity contribution in [2.45, 2.75) is 56.8 Å². The zero-order valence-electron chi connectivity index (χ0n) is 20.9. The first-order chi connectivity index (χ1) is 18.0. The molecule has 0 aromatic heterocycles. The number of carbonyl (C=O) groups is 5. The number of carboxylic acid groups (broad SMARTS) is 1. The van der Waals surface area contributed by atoms with Gasteiger partial charge >= 0.3 is 5.97 Å². The topological polar surface area (TPSA) is 214 Å². The molecule has 2 rings (SSSR count). The maximum absolute atomic E-state index is 13.3. The van der Waals surface area contributed by atoms with Crippen molar-refractivity contribution in [3.05, 3.63) is 65.7 Å². The van der Waals surface area contributed by atoms with E-state index in [0.717, 1.165) is 5.56 Å². The van der Waals surface area contributed by atoms with Crippen LogP contribution in [-0.4, -0.2) is 64.0 Å². The molecular weight excluding hydrogens is 494 g/mol. The van der Waals surface area contributed by atoms with Gasteiger partial charge in [-0.2, -0.15) is 0 Å². The monoisotopic (exact) mass is 527 g/mol. The van der Waals surface area contributed by atoms with Crippen molar-refractivity contribution < 1.29 is 34.2 Å². The number of carboxylic acids is 1. The fraction of sp³-hybridized carbons (Fsp3) is 0.346. The second-order valence-corrected chi connectivity index (χ2v) is 8.88. The summed E-state index contributed by atoms with van der Waals surface area (Å²) in [4.78, 5) is 61.6. The van der Waals surface area contributed by atoms with Crippen molar-refractivity contribution in [2.75, 3.05) is 0 Å². The van der Waals surface area contributed by atoms with E-state index in [4.69, 9.17) is 11.5 Å². The van der Waals surface area contributed by atoms with E-state index < -0.39 is 53.8 Å². The predicted octanol–water partition coefficient (Wildman–Crippen LogP) is -0.671. The van der Waals surface area contributed by atoms with Gasteiger partial charge in [0.2, 0.25) is 23.6 Å². The molecular formula is C26H33N5O7. The van der Waals surface area contributed by atoms with Gasteiger partial charge in [-0.15, -0.1) is 0 Å². The first-order valence-electron chi connectivity index (χ1n) is 12.0. The molecule has 2 aromatic carbocycles. The molecule has 9 N–H and O–H groups in total. The van der Waals surface area contributed by atoms with E-state index in [1.165, 1.54) is 19.1 Å². The SMILES string of the molecule is CC(N)C(=O)NC(Cc1ccccc1)C(=O)NC(Cc1ccc(O)cc1)C(=O)NC(CCC(N)=O)C(=O)O. The number of phenolic OH excluding ortho intramolecular Hbond substituents is 1. The molecule has 2 aromatic rings. The summed E-state index contributed by atoms with van der Waals surface area (Å²) < 4.78 is 0. The Hall–Kier alpha value is -4.45. The minimum absolute atomic E-state index is 0.00211. The van der Waals surface area contributed by atoms with E-state index in [0.29, 0.717) is 5.56 Å². The van der Waals surface area contributed by atoms with Crippen LogP contribution < -0.4 is 27.4 Å². The van der Waals surface area contributed by atoms with E-state index >= 15 is 0 Å². The van der Waals surface area contributed by atoms with Gasteiger partial charge in [0.05, 0.1) is 6.04 Å². The largest absolute Gasteiger partial charge is 0.508 e. The molecule has 0 radical (unpaired) electrons. The number of nitrogens with two attached hydrogens (primary N) is 2. The molecule has 204 valence electrons. The van der Waals surface area contributed by atoms with Crippen LogP contribution in [0.4, 0.5) is 0 Å². The molecule has 0 aliphatic carbocycles. The van der Waals surface area contributed by atoms with Crippen LogP contribution in [-0.2, 0) is 36.8 Å². The van der Waals surface area contributed by atoms with Gasteiger partial charge in [0.25, 0.3) is 0 Å². The standard InChI is InChI=1S/C26H33N5O7/c1-15(27)23(34)30-20(13-16-5-3-2-4-6-16)25(36)31-21(14-17-7-9-18(32)10-8-17)24(35)29-19(26(37)38)11-12-22(28)33/h2-10,15,19-21,32H,11-14,27H2,1H3,(H2,28,33)(H,29,35)(H,30,34)(H,31,36)(H,37,38). The maximum atomic E-state index is 13.3. The Morgan fingerprint density at radius 2 is 1.24 bits per heavy atom. The normalized spacial score (nSPS) is 13.8. The molecule has 0 saturated heterocycles. The third-order valence-electron chi connectivity index (χ3n) is 5.63. The molecule has 0 aliphatic rings. The number of benzene rings is 2. The zero-order chi connectivity index (χ0) is 28.2. The maximum Gasteiger partial charge on any atom is 0.326 e. The zero-order valence-corrected chi connectivity index (χ0v) is 20.9. The summed E-state index contributed by atoms with van der Waals surface area (Å²) in [5.41, 5.74) is 12.1. The predicted molar refractivity (Wildman–Crippen MR) is 137 cm³/mol. The van der Waals surface area contributed by atoms with Crippen LogP contribution in [0, 0.1) is 0 Å². The van der Waals surface area contributed by atoms with Crippen LogP contribution in [0.5, 0.6) is 5.75 Å². The minimum Gasteiger partial charge on any atom is -0.508 e. The molecule has 0 fully saturated rings. The molecule has 4 amide bonds. The van der Waals surface area contributed by atoms with E-state index in [2.05, 4.69) is 16.0 Å². The number of rotatable bonds is 14. The van der Waals surface area contributed by atoms with Crippen molar-refractivity contribution in [2.24, 2.45) is 11.5 Å². The lowest BCUT2D eigenvalue weighted by Gasteiger charge is -2.25. The average molecular weight is 528 g/mol. The minimum atomic E-state index is -1.42. The van der Waals surface area contributed by atoms with Crippen molar-refractivity contribution in [1.82, 2.24) is 16.0 Å². The number of nitrogens with one attached hydrogen (secondary N) is 3. The van der Waals surface area contributed by atoms with Gasteiger partial charge in [-0.3, -0.25) is 19.2 Å². The highest BCUT2D eigenvalue weighted by Crippen LogP contribution is 2.13. The van der Waals surface area contributed by atoms with Crippen LogP contribution in [0.25, 0.3) is 0 Å². The lowest BCUT2D eigenvalue weighted by Crippen LogP contribution is -2.58. The summed E-state index contributed by atoms with van der Waals surface area (Å²) >= 11 is 0. The molecule has 0 saturated carbocycles. The number of amides is 4. The summed E-state index contributed by atoms with van der Waals surface area (Å²) in [6.07, 6.45) is -0.458. The summed E-state index contributed by atoms with van der Waals surface area (Å²) in [5, 5.41) is 26.6. The fourth-order valence-electron chi connectivity index (χ4n) is 3.53. The third kappa shape index (κ3) is 9.90. The third-order valence-corrected chi connectivity index (χ3v) is 5.63. The fourth-order valence-corrected chi connectivity index (χ4v) is 3.53. The van der Waals surface area contributed by atoms with E-state index in [9.17, 15) is 34.2 Å². The second-order valence-electron chi connectivity index (χ2n) is 8.88. The Labute approximate surface area is 219 Å². The molecule has 0 spiro atoms. The first kappa shape index (κ1) is 29.8.